The summed E-state index contributed by atoms with van der Waals surface area (Å²) in [5, 5.41) is 11.6. The predicted octanol–water partition coefficient (Wildman–Crippen LogP) is 2.02. The molecule has 1 fully saturated rings. The summed E-state index contributed by atoms with van der Waals surface area (Å²) in [5.74, 6) is 3.48. The summed E-state index contributed by atoms with van der Waals surface area (Å²) in [4.78, 5) is 14.3. The lowest BCUT2D eigenvalue weighted by Crippen LogP contribution is -2.37. The van der Waals surface area contributed by atoms with Gasteiger partial charge in [0.2, 0.25) is 0 Å². The van der Waals surface area contributed by atoms with E-state index < -0.39 is 0 Å². The fourth-order valence-electron chi connectivity index (χ4n) is 2.50. The number of hydrogen-bond acceptors (Lipinski definition) is 6. The number of carbonyl (C=O) groups is 1. The molecule has 0 N–H and O–H groups in total. The fraction of sp³-hybridized carbons (Fsp3) is 0.500. The zero-order chi connectivity index (χ0) is 16.9. The molecule has 2 aromatic rings. The van der Waals surface area contributed by atoms with Crippen LogP contribution in [0.2, 0.25) is 0 Å². The maximum atomic E-state index is 12.4. The first-order valence-electron chi connectivity index (χ1n) is 8.02. The van der Waals surface area contributed by atoms with Crippen LogP contribution >= 0.6 is 11.8 Å². The monoisotopic (exact) mass is 347 g/mol. The highest BCUT2D eigenvalue weighted by Crippen LogP contribution is 2.17. The van der Waals surface area contributed by atoms with Crippen molar-refractivity contribution in [2.75, 3.05) is 24.6 Å². The van der Waals surface area contributed by atoms with Gasteiger partial charge in [-0.25, -0.2) is 4.68 Å². The zero-order valence-electron chi connectivity index (χ0n) is 13.9. The van der Waals surface area contributed by atoms with Gasteiger partial charge in [0.1, 0.15) is 12.4 Å². The normalized spacial score (nSPS) is 14.9. The quantitative estimate of drug-likeness (QED) is 0.824. The molecular weight excluding hydrogens is 326 g/mol. The third-order valence-corrected chi connectivity index (χ3v) is 4.76. The number of tetrazole rings is 1. The predicted molar refractivity (Wildman–Crippen MR) is 92.2 cm³/mol. The van der Waals surface area contributed by atoms with Gasteiger partial charge in [-0.2, -0.15) is 11.8 Å². The Bertz CT molecular complexity index is 680. The van der Waals surface area contributed by atoms with Crippen LogP contribution in [0.25, 0.3) is 0 Å². The van der Waals surface area contributed by atoms with Crippen LogP contribution in [-0.2, 0) is 6.61 Å². The summed E-state index contributed by atoms with van der Waals surface area (Å²) < 4.78 is 7.46. The van der Waals surface area contributed by atoms with Crippen molar-refractivity contribution in [3.05, 3.63) is 35.7 Å². The summed E-state index contributed by atoms with van der Waals surface area (Å²) in [5.41, 5.74) is 0.696. The average Bonchev–Trinajstić information content (AvgIpc) is 3.09. The van der Waals surface area contributed by atoms with E-state index in [4.69, 9.17) is 4.74 Å². The first-order chi connectivity index (χ1) is 11.6. The first kappa shape index (κ1) is 16.8. The van der Waals surface area contributed by atoms with Gasteiger partial charge >= 0.3 is 0 Å². The molecule has 2 heterocycles. The molecule has 1 aromatic carbocycles. The smallest absolute Gasteiger partial charge is 0.253 e. The lowest BCUT2D eigenvalue weighted by atomic mass is 10.2. The minimum absolute atomic E-state index is 0.0885. The lowest BCUT2D eigenvalue weighted by molar-refractivity contribution is 0.0772. The zero-order valence-corrected chi connectivity index (χ0v) is 14.7. The second-order valence-corrected chi connectivity index (χ2v) is 7.08. The second kappa shape index (κ2) is 7.65. The summed E-state index contributed by atoms with van der Waals surface area (Å²) in [6, 6.07) is 7.43. The molecule has 8 heteroatoms. The van der Waals surface area contributed by atoms with Crippen molar-refractivity contribution in [2.45, 2.75) is 26.5 Å². The van der Waals surface area contributed by atoms with Gasteiger partial charge in [-0.05, 0) is 48.5 Å². The van der Waals surface area contributed by atoms with E-state index in [0.29, 0.717) is 23.7 Å². The van der Waals surface area contributed by atoms with Crippen molar-refractivity contribution in [3.8, 4) is 5.75 Å². The number of nitrogens with zero attached hydrogens (tertiary/aromatic N) is 5. The standard InChI is InChI=1S/C16H21N5O2S/c1-12(2)21-15(17-18-19-21)11-23-14-5-3-13(4-6-14)16(22)20-7-9-24-10-8-20/h3-6,12H,7-11H2,1-2H3. The highest BCUT2D eigenvalue weighted by Gasteiger charge is 2.18. The summed E-state index contributed by atoms with van der Waals surface area (Å²) in [7, 11) is 0. The third-order valence-electron chi connectivity index (χ3n) is 3.82. The Morgan fingerprint density at radius 3 is 2.62 bits per heavy atom. The molecule has 1 aromatic heterocycles. The molecule has 0 unspecified atom stereocenters. The number of thioether (sulfide) groups is 1. The van der Waals surface area contributed by atoms with Crippen molar-refractivity contribution in [1.82, 2.24) is 25.1 Å². The molecule has 0 aliphatic carbocycles. The Morgan fingerprint density at radius 2 is 1.96 bits per heavy atom. The van der Waals surface area contributed by atoms with Gasteiger partial charge in [0.05, 0.1) is 6.04 Å². The molecule has 3 rings (SSSR count). The molecule has 0 bridgehead atoms. The van der Waals surface area contributed by atoms with Crippen molar-refractivity contribution in [1.29, 1.82) is 0 Å². The second-order valence-electron chi connectivity index (χ2n) is 5.85. The molecule has 1 aliphatic heterocycles. The highest BCUT2D eigenvalue weighted by molar-refractivity contribution is 7.99. The van der Waals surface area contributed by atoms with Gasteiger partial charge in [-0.1, -0.05) is 0 Å². The van der Waals surface area contributed by atoms with Crippen LogP contribution in [0.4, 0.5) is 0 Å². The molecule has 0 spiro atoms. The summed E-state index contributed by atoms with van der Waals surface area (Å²) >= 11 is 1.89. The minimum atomic E-state index is 0.0885. The van der Waals surface area contributed by atoms with Gasteiger partial charge in [0.25, 0.3) is 5.91 Å². The van der Waals surface area contributed by atoms with Gasteiger partial charge < -0.3 is 9.64 Å². The molecular formula is C16H21N5O2S. The van der Waals surface area contributed by atoms with Crippen molar-refractivity contribution < 1.29 is 9.53 Å². The van der Waals surface area contributed by atoms with Crippen LogP contribution in [0.15, 0.2) is 24.3 Å². The van der Waals surface area contributed by atoms with Gasteiger partial charge in [-0.3, -0.25) is 4.79 Å². The average molecular weight is 347 g/mol. The summed E-state index contributed by atoms with van der Waals surface area (Å²) in [6.07, 6.45) is 0. The fourth-order valence-corrected chi connectivity index (χ4v) is 3.40. The van der Waals surface area contributed by atoms with E-state index in [0.717, 1.165) is 24.6 Å². The SMILES string of the molecule is CC(C)n1nnnc1COc1ccc(C(=O)N2CCSCC2)cc1. The molecule has 1 amide bonds. The maximum absolute atomic E-state index is 12.4. The third kappa shape index (κ3) is 3.87. The van der Waals surface area contributed by atoms with E-state index in [1.165, 1.54) is 0 Å². The number of amides is 1. The molecule has 128 valence electrons. The van der Waals surface area contributed by atoms with Gasteiger partial charge in [-0.15, -0.1) is 5.10 Å². The molecule has 1 aliphatic rings. The van der Waals surface area contributed by atoms with E-state index >= 15 is 0 Å². The van der Waals surface area contributed by atoms with Crippen LogP contribution < -0.4 is 4.74 Å². The molecule has 0 radical (unpaired) electrons. The molecule has 24 heavy (non-hydrogen) atoms. The Balaban J connectivity index is 1.60. The van der Waals surface area contributed by atoms with Gasteiger partial charge in [0.15, 0.2) is 5.82 Å². The van der Waals surface area contributed by atoms with E-state index in [2.05, 4.69) is 15.5 Å². The number of carbonyl (C=O) groups excluding carboxylic acids is 1. The van der Waals surface area contributed by atoms with Crippen molar-refractivity contribution >= 4 is 17.7 Å². The molecule has 7 nitrogen and oxygen atoms in total. The van der Waals surface area contributed by atoms with Crippen LogP contribution in [0.5, 0.6) is 5.75 Å². The first-order valence-corrected chi connectivity index (χ1v) is 9.17. The highest BCUT2D eigenvalue weighted by atomic mass is 32.2. The number of hydrogen-bond donors (Lipinski definition) is 0. The van der Waals surface area contributed by atoms with Gasteiger partial charge in [0, 0.05) is 30.2 Å². The molecule has 0 atom stereocenters. The Morgan fingerprint density at radius 1 is 1.25 bits per heavy atom. The van der Waals surface area contributed by atoms with Crippen LogP contribution in [0.3, 0.4) is 0 Å². The van der Waals surface area contributed by atoms with Crippen molar-refractivity contribution in [3.63, 3.8) is 0 Å². The number of ether oxygens (including phenoxy) is 1. The topological polar surface area (TPSA) is 73.1 Å². The van der Waals surface area contributed by atoms with E-state index in [1.807, 2.05) is 54.8 Å². The number of benzene rings is 1. The summed E-state index contributed by atoms with van der Waals surface area (Å²) in [6.45, 7) is 5.96. The maximum Gasteiger partial charge on any atom is 0.253 e. The van der Waals surface area contributed by atoms with E-state index in [-0.39, 0.29) is 11.9 Å². The molecule has 0 saturated carbocycles. The Labute approximate surface area is 145 Å². The Hall–Kier alpha value is -2.09. The van der Waals surface area contributed by atoms with Crippen molar-refractivity contribution in [2.24, 2.45) is 0 Å². The van der Waals surface area contributed by atoms with Crippen LogP contribution in [0.1, 0.15) is 36.1 Å². The van der Waals surface area contributed by atoms with Crippen LogP contribution in [-0.4, -0.2) is 55.6 Å². The van der Waals surface area contributed by atoms with E-state index in [9.17, 15) is 4.79 Å². The molecule has 1 saturated heterocycles. The Kier molecular flexibility index (Phi) is 5.34. The number of rotatable bonds is 5. The minimum Gasteiger partial charge on any atom is -0.486 e. The largest absolute Gasteiger partial charge is 0.486 e. The lowest BCUT2D eigenvalue weighted by Gasteiger charge is -2.26. The number of aromatic nitrogens is 4. The van der Waals surface area contributed by atoms with Crippen LogP contribution in [0, 0.1) is 0 Å². The van der Waals surface area contributed by atoms with E-state index in [1.54, 1.807) is 4.68 Å².